The van der Waals surface area contributed by atoms with Crippen molar-refractivity contribution in [2.75, 3.05) is 11.9 Å². The number of carbonyl (C=O) groups excluding carboxylic acids is 3. The van der Waals surface area contributed by atoms with Crippen molar-refractivity contribution in [3.63, 3.8) is 0 Å². The summed E-state index contributed by atoms with van der Waals surface area (Å²) in [5, 5.41) is 5.17. The van der Waals surface area contributed by atoms with Crippen LogP contribution in [0.3, 0.4) is 0 Å². The van der Waals surface area contributed by atoms with Crippen LogP contribution in [0.4, 0.5) is 5.69 Å². The molecule has 0 atom stereocenters. The summed E-state index contributed by atoms with van der Waals surface area (Å²) in [5.74, 6) is -0.607. The van der Waals surface area contributed by atoms with Gasteiger partial charge in [0.05, 0.1) is 0 Å². The highest BCUT2D eigenvalue weighted by atomic mass is 32.1. The Morgan fingerprint density at radius 3 is 1.95 bits per heavy atom. The van der Waals surface area contributed by atoms with Crippen LogP contribution in [0.1, 0.15) is 59.5 Å². The fourth-order valence-electron chi connectivity index (χ4n) is 3.38. The first-order valence-corrected chi connectivity index (χ1v) is 12.6. The van der Waals surface area contributed by atoms with Crippen LogP contribution in [0.5, 0.6) is 5.75 Å². The van der Waals surface area contributed by atoms with Crippen molar-refractivity contribution < 1.29 is 19.1 Å². The van der Waals surface area contributed by atoms with E-state index in [9.17, 15) is 14.4 Å². The Bertz CT molecular complexity index is 1280. The Morgan fingerprint density at radius 2 is 1.37 bits per heavy atom. The van der Waals surface area contributed by atoms with E-state index >= 15 is 0 Å². The zero-order valence-electron chi connectivity index (χ0n) is 21.9. The highest BCUT2D eigenvalue weighted by molar-refractivity contribution is 7.80. The minimum absolute atomic E-state index is 0.00532. The van der Waals surface area contributed by atoms with Crippen LogP contribution in [0.15, 0.2) is 72.8 Å². The van der Waals surface area contributed by atoms with Crippen LogP contribution in [0.25, 0.3) is 0 Å². The van der Waals surface area contributed by atoms with E-state index in [0.29, 0.717) is 22.6 Å². The summed E-state index contributed by atoms with van der Waals surface area (Å²) >= 11 is 5.04. The molecule has 8 nitrogen and oxygen atoms in total. The second kappa shape index (κ2) is 12.8. The second-order valence-electron chi connectivity index (χ2n) is 9.60. The van der Waals surface area contributed by atoms with Gasteiger partial charge < -0.3 is 10.1 Å². The molecule has 9 heteroatoms. The van der Waals surface area contributed by atoms with Crippen LogP contribution in [-0.4, -0.2) is 29.4 Å². The number of benzene rings is 3. The van der Waals surface area contributed by atoms with Gasteiger partial charge in [0.1, 0.15) is 5.75 Å². The lowest BCUT2D eigenvalue weighted by Gasteiger charge is -2.19. The number of nitrogens with one attached hydrogen (secondary N) is 4. The Hall–Kier alpha value is -4.24. The summed E-state index contributed by atoms with van der Waals surface area (Å²) < 4.78 is 5.43. The fourth-order valence-corrected chi connectivity index (χ4v) is 3.54. The maximum Gasteiger partial charge on any atom is 0.269 e. The van der Waals surface area contributed by atoms with Gasteiger partial charge in [0.2, 0.25) is 0 Å². The van der Waals surface area contributed by atoms with E-state index in [4.69, 9.17) is 17.0 Å². The number of hydrogen-bond donors (Lipinski definition) is 4. The van der Waals surface area contributed by atoms with Crippen molar-refractivity contribution in [3.8, 4) is 5.75 Å². The third kappa shape index (κ3) is 8.41. The van der Waals surface area contributed by atoms with Gasteiger partial charge in [-0.1, -0.05) is 52.0 Å². The highest BCUT2D eigenvalue weighted by Crippen LogP contribution is 2.22. The standard InChI is InChI=1S/C29H32N4O4S/c1-5-19-6-16-24(17-7-19)37-18-25(34)31-28(38)33-32-27(36)21-10-14-23(15-11-21)30-26(35)20-8-12-22(13-9-20)29(2,3)4/h6-17H,5,18H2,1-4H3,(H,30,35)(H,32,36)(H2,31,33,34,38). The molecule has 0 aliphatic heterocycles. The molecular weight excluding hydrogens is 500 g/mol. The number of hydrazine groups is 1. The van der Waals surface area contributed by atoms with Crippen LogP contribution in [0, 0.1) is 0 Å². The lowest BCUT2D eigenvalue weighted by molar-refractivity contribution is -0.121. The van der Waals surface area contributed by atoms with Gasteiger partial charge in [0, 0.05) is 16.8 Å². The smallest absolute Gasteiger partial charge is 0.269 e. The fraction of sp³-hybridized carbons (Fsp3) is 0.241. The number of hydrogen-bond acceptors (Lipinski definition) is 5. The van der Waals surface area contributed by atoms with E-state index in [1.807, 2.05) is 24.3 Å². The van der Waals surface area contributed by atoms with Gasteiger partial charge in [-0.15, -0.1) is 0 Å². The highest BCUT2D eigenvalue weighted by Gasteiger charge is 2.15. The molecule has 3 aromatic rings. The number of anilines is 1. The van der Waals surface area contributed by atoms with Crippen LogP contribution >= 0.6 is 12.2 Å². The Labute approximate surface area is 228 Å². The first-order valence-electron chi connectivity index (χ1n) is 12.2. The monoisotopic (exact) mass is 532 g/mol. The molecule has 0 unspecified atom stereocenters. The van der Waals surface area contributed by atoms with Crippen molar-refractivity contribution in [3.05, 3.63) is 95.1 Å². The Balaban J connectivity index is 1.42. The number of ether oxygens (including phenoxy) is 1. The summed E-state index contributed by atoms with van der Waals surface area (Å²) in [6.45, 7) is 8.17. The SMILES string of the molecule is CCc1ccc(OCC(=O)NC(=S)NNC(=O)c2ccc(NC(=O)c3ccc(C(C)(C)C)cc3)cc2)cc1. The molecule has 38 heavy (non-hydrogen) atoms. The predicted molar refractivity (Wildman–Crippen MR) is 152 cm³/mol. The van der Waals surface area contributed by atoms with E-state index < -0.39 is 11.8 Å². The first kappa shape index (κ1) is 28.3. The number of amides is 3. The van der Waals surface area contributed by atoms with Crippen LogP contribution < -0.4 is 26.2 Å². The van der Waals surface area contributed by atoms with Crippen molar-refractivity contribution in [1.29, 1.82) is 0 Å². The lowest BCUT2D eigenvalue weighted by Crippen LogP contribution is -2.49. The first-order chi connectivity index (χ1) is 18.0. The van der Waals surface area contributed by atoms with E-state index in [-0.39, 0.29) is 23.0 Å². The minimum atomic E-state index is -0.468. The van der Waals surface area contributed by atoms with E-state index in [2.05, 4.69) is 49.2 Å². The van der Waals surface area contributed by atoms with E-state index in [1.54, 1.807) is 48.5 Å². The van der Waals surface area contributed by atoms with Gasteiger partial charge in [-0.2, -0.15) is 0 Å². The average molecular weight is 533 g/mol. The van der Waals surface area contributed by atoms with Crippen molar-refractivity contribution in [2.24, 2.45) is 0 Å². The largest absolute Gasteiger partial charge is 0.484 e. The third-order valence-corrected chi connectivity index (χ3v) is 5.87. The summed E-state index contributed by atoms with van der Waals surface area (Å²) in [4.78, 5) is 37.0. The summed E-state index contributed by atoms with van der Waals surface area (Å²) in [7, 11) is 0. The van der Waals surface area contributed by atoms with Crippen molar-refractivity contribution >= 4 is 40.7 Å². The number of aryl methyl sites for hydroxylation is 1. The number of thiocarbonyl (C=S) groups is 1. The van der Waals surface area contributed by atoms with Gasteiger partial charge >= 0.3 is 0 Å². The number of rotatable bonds is 7. The van der Waals surface area contributed by atoms with E-state index in [1.165, 1.54) is 5.56 Å². The second-order valence-corrected chi connectivity index (χ2v) is 10.0. The zero-order valence-corrected chi connectivity index (χ0v) is 22.7. The quantitative estimate of drug-likeness (QED) is 0.263. The molecular formula is C29H32N4O4S. The van der Waals surface area contributed by atoms with Crippen molar-refractivity contribution in [1.82, 2.24) is 16.2 Å². The molecule has 0 saturated heterocycles. The van der Waals surface area contributed by atoms with Gasteiger partial charge in [-0.3, -0.25) is 30.6 Å². The minimum Gasteiger partial charge on any atom is -0.484 e. The molecule has 3 amide bonds. The van der Waals surface area contributed by atoms with Crippen LogP contribution in [0.2, 0.25) is 0 Å². The molecule has 0 aliphatic rings. The third-order valence-electron chi connectivity index (χ3n) is 5.66. The molecule has 0 spiro atoms. The maximum absolute atomic E-state index is 12.6. The molecule has 0 radical (unpaired) electrons. The normalized spacial score (nSPS) is 10.7. The molecule has 3 rings (SSSR count). The summed E-state index contributed by atoms with van der Waals surface area (Å²) in [5.41, 5.74) is 8.64. The number of carbonyl (C=O) groups is 3. The molecule has 0 saturated carbocycles. The van der Waals surface area contributed by atoms with Crippen molar-refractivity contribution in [2.45, 2.75) is 39.5 Å². The van der Waals surface area contributed by atoms with Gasteiger partial charge in [-0.25, -0.2) is 0 Å². The van der Waals surface area contributed by atoms with E-state index in [0.717, 1.165) is 12.0 Å². The Kier molecular flexibility index (Phi) is 9.56. The predicted octanol–water partition coefficient (Wildman–Crippen LogP) is 4.51. The van der Waals surface area contributed by atoms with Crippen LogP contribution in [-0.2, 0) is 16.6 Å². The molecule has 4 N–H and O–H groups in total. The molecule has 0 bridgehead atoms. The summed E-state index contributed by atoms with van der Waals surface area (Å²) in [6, 6.07) is 21.3. The van der Waals surface area contributed by atoms with Gasteiger partial charge in [0.25, 0.3) is 17.7 Å². The maximum atomic E-state index is 12.6. The molecule has 198 valence electrons. The molecule has 0 aliphatic carbocycles. The van der Waals surface area contributed by atoms with Gasteiger partial charge in [-0.05, 0) is 83.7 Å². The topological polar surface area (TPSA) is 109 Å². The average Bonchev–Trinajstić information content (AvgIpc) is 2.91. The Morgan fingerprint density at radius 1 is 0.789 bits per heavy atom. The van der Waals surface area contributed by atoms with Gasteiger partial charge in [0.15, 0.2) is 11.7 Å². The molecule has 0 aromatic heterocycles. The summed E-state index contributed by atoms with van der Waals surface area (Å²) in [6.07, 6.45) is 0.917. The molecule has 3 aromatic carbocycles. The zero-order chi connectivity index (χ0) is 27.7. The lowest BCUT2D eigenvalue weighted by atomic mass is 9.87. The molecule has 0 fully saturated rings. The molecule has 0 heterocycles.